The van der Waals surface area contributed by atoms with Gasteiger partial charge in [0.25, 0.3) is 0 Å². The fourth-order valence-electron chi connectivity index (χ4n) is 0.940. The summed E-state index contributed by atoms with van der Waals surface area (Å²) in [7, 11) is 0. The van der Waals surface area contributed by atoms with Gasteiger partial charge in [-0.15, -0.1) is 0 Å². The lowest BCUT2D eigenvalue weighted by Gasteiger charge is -2.02. The molecule has 0 saturated heterocycles. The van der Waals surface area contributed by atoms with Gasteiger partial charge in [-0.2, -0.15) is 8.78 Å². The van der Waals surface area contributed by atoms with Crippen molar-refractivity contribution in [2.75, 3.05) is 6.61 Å². The third-order valence-electron chi connectivity index (χ3n) is 1.55. The molecular formula is C11H10F2O2. The van der Waals surface area contributed by atoms with Gasteiger partial charge in [0.2, 0.25) is 0 Å². The first-order valence-corrected chi connectivity index (χ1v) is 4.37. The Hall–Kier alpha value is -1.60. The second-order valence-electron chi connectivity index (χ2n) is 2.68. The second-order valence-corrected chi connectivity index (χ2v) is 2.68. The van der Waals surface area contributed by atoms with E-state index in [1.54, 1.807) is 12.1 Å². The fraction of sp³-hybridized carbons (Fsp3) is 0.273. The summed E-state index contributed by atoms with van der Waals surface area (Å²) < 4.78 is 27.8. The summed E-state index contributed by atoms with van der Waals surface area (Å²) in [5, 5.41) is 8.48. The van der Waals surface area contributed by atoms with Gasteiger partial charge in [0.15, 0.2) is 0 Å². The Bertz CT molecular complexity index is 349. The average molecular weight is 212 g/mol. The van der Waals surface area contributed by atoms with E-state index in [9.17, 15) is 8.78 Å². The monoisotopic (exact) mass is 212 g/mol. The van der Waals surface area contributed by atoms with E-state index in [1.165, 1.54) is 12.1 Å². The molecule has 0 bridgehead atoms. The molecule has 0 aliphatic carbocycles. The van der Waals surface area contributed by atoms with Crippen molar-refractivity contribution in [3.05, 3.63) is 29.8 Å². The van der Waals surface area contributed by atoms with Gasteiger partial charge in [-0.3, -0.25) is 0 Å². The molecule has 1 aromatic carbocycles. The Balaban J connectivity index is 2.61. The summed E-state index contributed by atoms with van der Waals surface area (Å²) in [6.07, 6.45) is 0.398. The molecule has 2 nitrogen and oxygen atoms in total. The third kappa shape index (κ3) is 4.43. The molecule has 0 radical (unpaired) electrons. The van der Waals surface area contributed by atoms with Gasteiger partial charge in [-0.25, -0.2) is 0 Å². The number of ether oxygens (including phenoxy) is 1. The van der Waals surface area contributed by atoms with Gasteiger partial charge < -0.3 is 9.84 Å². The molecule has 1 aromatic rings. The van der Waals surface area contributed by atoms with Crippen LogP contribution in [0.15, 0.2) is 24.3 Å². The number of hydrogen-bond acceptors (Lipinski definition) is 2. The number of rotatable bonds is 3. The Morgan fingerprint density at radius 3 is 2.47 bits per heavy atom. The smallest absolute Gasteiger partial charge is 0.387 e. The zero-order valence-corrected chi connectivity index (χ0v) is 7.91. The Kier molecular flexibility index (Phi) is 4.58. The standard InChI is InChI=1S/C11H10F2O2/c12-11(13)15-10-6-4-9(5-7-10)3-1-2-8-14/h4-7,11,14H,2,8H2. The maximum absolute atomic E-state index is 11.8. The molecule has 4 heteroatoms. The van der Waals surface area contributed by atoms with Crippen molar-refractivity contribution in [2.45, 2.75) is 13.0 Å². The van der Waals surface area contributed by atoms with E-state index in [0.717, 1.165) is 0 Å². The van der Waals surface area contributed by atoms with Gasteiger partial charge in [0, 0.05) is 12.0 Å². The van der Waals surface area contributed by atoms with Gasteiger partial charge in [-0.1, -0.05) is 11.8 Å². The largest absolute Gasteiger partial charge is 0.435 e. The molecule has 80 valence electrons. The lowest BCUT2D eigenvalue weighted by Crippen LogP contribution is -2.01. The predicted octanol–water partition coefficient (Wildman–Crippen LogP) is 2.02. The molecule has 1 rings (SSSR count). The van der Waals surface area contributed by atoms with Crippen LogP contribution in [0.25, 0.3) is 0 Å². The van der Waals surface area contributed by atoms with Crippen LogP contribution in [0, 0.1) is 11.8 Å². The Morgan fingerprint density at radius 1 is 1.27 bits per heavy atom. The fourth-order valence-corrected chi connectivity index (χ4v) is 0.940. The normalized spacial score (nSPS) is 9.60. The molecule has 0 aliphatic heterocycles. The molecule has 0 heterocycles. The highest BCUT2D eigenvalue weighted by Crippen LogP contribution is 2.14. The van der Waals surface area contributed by atoms with Crippen molar-refractivity contribution in [3.8, 4) is 17.6 Å². The minimum Gasteiger partial charge on any atom is -0.435 e. The minimum atomic E-state index is -2.81. The van der Waals surface area contributed by atoms with E-state index in [4.69, 9.17) is 5.11 Å². The number of hydrogen-bond donors (Lipinski definition) is 1. The lowest BCUT2D eigenvalue weighted by molar-refractivity contribution is -0.0498. The predicted molar refractivity (Wildman–Crippen MR) is 51.7 cm³/mol. The van der Waals surface area contributed by atoms with Crippen LogP contribution in [0.3, 0.4) is 0 Å². The van der Waals surface area contributed by atoms with Gasteiger partial charge >= 0.3 is 6.61 Å². The molecule has 0 unspecified atom stereocenters. The zero-order chi connectivity index (χ0) is 11.1. The quantitative estimate of drug-likeness (QED) is 0.777. The maximum Gasteiger partial charge on any atom is 0.387 e. The molecule has 1 N–H and O–H groups in total. The van der Waals surface area contributed by atoms with E-state index >= 15 is 0 Å². The number of aliphatic hydroxyl groups excluding tert-OH is 1. The highest BCUT2D eigenvalue weighted by molar-refractivity contribution is 5.38. The summed E-state index contributed by atoms with van der Waals surface area (Å²) in [4.78, 5) is 0. The number of benzene rings is 1. The van der Waals surface area contributed by atoms with Crippen molar-refractivity contribution in [2.24, 2.45) is 0 Å². The minimum absolute atomic E-state index is 0.0135. The second kappa shape index (κ2) is 5.99. The Labute approximate surface area is 86.5 Å². The van der Waals surface area contributed by atoms with Crippen LogP contribution in [0.2, 0.25) is 0 Å². The first-order valence-electron chi connectivity index (χ1n) is 4.37. The van der Waals surface area contributed by atoms with E-state index in [1.807, 2.05) is 0 Å². The summed E-state index contributed by atoms with van der Waals surface area (Å²) in [6.45, 7) is -2.80. The molecule has 0 saturated carbocycles. The van der Waals surface area contributed by atoms with E-state index < -0.39 is 6.61 Å². The number of halogens is 2. The summed E-state index contributed by atoms with van der Waals surface area (Å²) >= 11 is 0. The van der Waals surface area contributed by atoms with Crippen LogP contribution in [-0.2, 0) is 0 Å². The van der Waals surface area contributed by atoms with Crippen molar-refractivity contribution in [3.63, 3.8) is 0 Å². The SMILES string of the molecule is OCCC#Cc1ccc(OC(F)F)cc1. The van der Waals surface area contributed by atoms with Crippen molar-refractivity contribution in [1.29, 1.82) is 0 Å². The van der Waals surface area contributed by atoms with Crippen LogP contribution in [0.5, 0.6) is 5.75 Å². The third-order valence-corrected chi connectivity index (χ3v) is 1.55. The van der Waals surface area contributed by atoms with Crippen LogP contribution >= 0.6 is 0 Å². The zero-order valence-electron chi connectivity index (χ0n) is 7.91. The molecule has 0 fully saturated rings. The highest BCUT2D eigenvalue weighted by Gasteiger charge is 2.02. The van der Waals surface area contributed by atoms with Crippen molar-refractivity contribution < 1.29 is 18.6 Å². The number of aliphatic hydroxyl groups is 1. The van der Waals surface area contributed by atoms with E-state index in [2.05, 4.69) is 16.6 Å². The maximum atomic E-state index is 11.8. The first kappa shape index (κ1) is 11.5. The van der Waals surface area contributed by atoms with Crippen LogP contribution in [0.4, 0.5) is 8.78 Å². The van der Waals surface area contributed by atoms with Crippen LogP contribution in [0.1, 0.15) is 12.0 Å². The molecule has 0 aromatic heterocycles. The van der Waals surface area contributed by atoms with Crippen LogP contribution < -0.4 is 4.74 Å². The lowest BCUT2D eigenvalue weighted by atomic mass is 10.2. The first-order chi connectivity index (χ1) is 7.22. The topological polar surface area (TPSA) is 29.5 Å². The molecule has 0 spiro atoms. The van der Waals surface area contributed by atoms with Crippen LogP contribution in [-0.4, -0.2) is 18.3 Å². The van der Waals surface area contributed by atoms with Gasteiger partial charge in [0.05, 0.1) is 6.61 Å². The average Bonchev–Trinajstić information content (AvgIpc) is 2.20. The molecular weight excluding hydrogens is 202 g/mol. The van der Waals surface area contributed by atoms with Crippen molar-refractivity contribution >= 4 is 0 Å². The molecule has 0 aliphatic rings. The van der Waals surface area contributed by atoms with Crippen molar-refractivity contribution in [1.82, 2.24) is 0 Å². The molecule has 0 amide bonds. The Morgan fingerprint density at radius 2 is 1.93 bits per heavy atom. The van der Waals surface area contributed by atoms with E-state index in [0.29, 0.717) is 12.0 Å². The summed E-state index contributed by atoms with van der Waals surface area (Å²) in [5.74, 6) is 5.60. The molecule has 0 atom stereocenters. The van der Waals surface area contributed by atoms with E-state index in [-0.39, 0.29) is 12.4 Å². The van der Waals surface area contributed by atoms with Gasteiger partial charge in [0.1, 0.15) is 5.75 Å². The summed E-state index contributed by atoms with van der Waals surface area (Å²) in [5.41, 5.74) is 0.699. The number of alkyl halides is 2. The highest BCUT2D eigenvalue weighted by atomic mass is 19.3. The molecule has 15 heavy (non-hydrogen) atoms. The van der Waals surface area contributed by atoms with Gasteiger partial charge in [-0.05, 0) is 24.3 Å². The summed E-state index contributed by atoms with van der Waals surface area (Å²) in [6, 6.07) is 6.02.